The summed E-state index contributed by atoms with van der Waals surface area (Å²) in [6.07, 6.45) is 4.33. The molecule has 0 aromatic rings. The minimum absolute atomic E-state index is 0.0333. The molecule has 5 heteroatoms. The molecule has 2 amide bonds. The highest BCUT2D eigenvalue weighted by Gasteiger charge is 2.38. The first kappa shape index (κ1) is 15.2. The summed E-state index contributed by atoms with van der Waals surface area (Å²) in [5.74, 6) is -0.0809. The predicted octanol–water partition coefficient (Wildman–Crippen LogP) is 2.01. The van der Waals surface area contributed by atoms with Gasteiger partial charge in [0, 0.05) is 19.4 Å². The van der Waals surface area contributed by atoms with Gasteiger partial charge in [-0.1, -0.05) is 20.3 Å². The predicted molar refractivity (Wildman–Crippen MR) is 72.4 cm³/mol. The van der Waals surface area contributed by atoms with E-state index in [0.29, 0.717) is 24.6 Å². The second-order valence-corrected chi connectivity index (χ2v) is 6.56. The first-order valence-corrected chi connectivity index (χ1v) is 7.44. The Balaban J connectivity index is 2.34. The molecule has 1 unspecified atom stereocenters. The molecule has 0 aromatic heterocycles. The Kier molecular flexibility index (Phi) is 6.39. The molecule has 18 heavy (non-hydrogen) atoms. The first-order valence-electron chi connectivity index (χ1n) is 6.49. The number of rotatable bonds is 8. The van der Waals surface area contributed by atoms with Gasteiger partial charge in [-0.2, -0.15) is 0 Å². The van der Waals surface area contributed by atoms with Crippen LogP contribution in [0.15, 0.2) is 0 Å². The van der Waals surface area contributed by atoms with Gasteiger partial charge in [0.1, 0.15) is 6.29 Å². The SMILES string of the molecule is CC(C)SC1CC(=O)N(CCCCCC=O)C1=O. The van der Waals surface area contributed by atoms with Crippen LogP contribution in [0, 0.1) is 0 Å². The van der Waals surface area contributed by atoms with Gasteiger partial charge in [-0.15, -0.1) is 11.8 Å². The van der Waals surface area contributed by atoms with Gasteiger partial charge in [0.2, 0.25) is 11.8 Å². The summed E-state index contributed by atoms with van der Waals surface area (Å²) in [7, 11) is 0. The molecule has 0 aromatic carbocycles. The maximum atomic E-state index is 12.0. The van der Waals surface area contributed by atoms with E-state index >= 15 is 0 Å². The molecule has 1 rings (SSSR count). The molecule has 1 fully saturated rings. The average Bonchev–Trinajstić information content (AvgIpc) is 2.55. The Bertz CT molecular complexity index is 317. The lowest BCUT2D eigenvalue weighted by molar-refractivity contribution is -0.138. The Morgan fingerprint density at radius 3 is 2.67 bits per heavy atom. The van der Waals surface area contributed by atoms with Crippen molar-refractivity contribution in [3.05, 3.63) is 0 Å². The van der Waals surface area contributed by atoms with Gasteiger partial charge < -0.3 is 4.79 Å². The maximum Gasteiger partial charge on any atom is 0.242 e. The summed E-state index contributed by atoms with van der Waals surface area (Å²) < 4.78 is 0. The van der Waals surface area contributed by atoms with Crippen molar-refractivity contribution < 1.29 is 14.4 Å². The second kappa shape index (κ2) is 7.56. The van der Waals surface area contributed by atoms with E-state index in [4.69, 9.17) is 0 Å². The highest BCUT2D eigenvalue weighted by molar-refractivity contribution is 8.01. The molecule has 1 heterocycles. The van der Waals surface area contributed by atoms with Gasteiger partial charge in [0.15, 0.2) is 0 Å². The van der Waals surface area contributed by atoms with Crippen LogP contribution in [0.5, 0.6) is 0 Å². The van der Waals surface area contributed by atoms with Gasteiger partial charge in [-0.3, -0.25) is 14.5 Å². The number of carbonyl (C=O) groups is 3. The lowest BCUT2D eigenvalue weighted by Crippen LogP contribution is -2.32. The number of amides is 2. The third-order valence-corrected chi connectivity index (χ3v) is 4.08. The Labute approximate surface area is 112 Å². The van der Waals surface area contributed by atoms with Crippen LogP contribution in [0.25, 0.3) is 0 Å². The summed E-state index contributed by atoms with van der Waals surface area (Å²) in [5.41, 5.74) is 0. The highest BCUT2D eigenvalue weighted by atomic mass is 32.2. The minimum Gasteiger partial charge on any atom is -0.303 e. The van der Waals surface area contributed by atoms with E-state index in [1.807, 2.05) is 13.8 Å². The molecule has 1 atom stereocenters. The van der Waals surface area contributed by atoms with Crippen molar-refractivity contribution in [1.82, 2.24) is 4.90 Å². The minimum atomic E-state index is -0.188. The summed E-state index contributed by atoms with van der Waals surface area (Å²) in [4.78, 5) is 35.3. The van der Waals surface area contributed by atoms with E-state index in [2.05, 4.69) is 0 Å². The summed E-state index contributed by atoms with van der Waals surface area (Å²) in [5, 5.41) is 0.173. The van der Waals surface area contributed by atoms with E-state index in [-0.39, 0.29) is 17.1 Å². The molecule has 0 N–H and O–H groups in total. The number of carbonyl (C=O) groups excluding carboxylic acids is 3. The average molecular weight is 271 g/mol. The largest absolute Gasteiger partial charge is 0.303 e. The van der Waals surface area contributed by atoms with E-state index in [1.54, 1.807) is 11.8 Å². The Hall–Kier alpha value is -0.840. The number of hydrogen-bond acceptors (Lipinski definition) is 4. The van der Waals surface area contributed by atoms with Gasteiger partial charge in [-0.25, -0.2) is 0 Å². The Morgan fingerprint density at radius 1 is 1.33 bits per heavy atom. The lowest BCUT2D eigenvalue weighted by Gasteiger charge is -2.15. The van der Waals surface area contributed by atoms with Gasteiger partial charge in [0.25, 0.3) is 0 Å². The molecule has 0 bridgehead atoms. The summed E-state index contributed by atoms with van der Waals surface area (Å²) >= 11 is 1.57. The normalized spacial score (nSPS) is 19.9. The molecule has 4 nitrogen and oxygen atoms in total. The molecule has 1 aliphatic rings. The van der Waals surface area contributed by atoms with Crippen molar-refractivity contribution in [2.45, 2.75) is 56.5 Å². The first-order chi connectivity index (χ1) is 8.56. The van der Waals surface area contributed by atoms with Crippen molar-refractivity contribution >= 4 is 29.9 Å². The maximum absolute atomic E-state index is 12.0. The van der Waals surface area contributed by atoms with Crippen molar-refractivity contribution in [2.24, 2.45) is 0 Å². The van der Waals surface area contributed by atoms with Crippen LogP contribution in [0.4, 0.5) is 0 Å². The molecule has 102 valence electrons. The molecule has 0 aliphatic carbocycles. The topological polar surface area (TPSA) is 54.5 Å². The number of unbranched alkanes of at least 4 members (excludes halogenated alkanes) is 3. The van der Waals surface area contributed by atoms with Crippen LogP contribution in [0.3, 0.4) is 0 Å². The third kappa shape index (κ3) is 4.44. The molecule has 0 radical (unpaired) electrons. The van der Waals surface area contributed by atoms with Crippen LogP contribution < -0.4 is 0 Å². The lowest BCUT2D eigenvalue weighted by atomic mass is 10.2. The molecule has 0 saturated carbocycles. The fourth-order valence-electron chi connectivity index (χ4n) is 2.00. The van der Waals surface area contributed by atoms with Gasteiger partial charge in [0.05, 0.1) is 5.25 Å². The van der Waals surface area contributed by atoms with Crippen molar-refractivity contribution in [3.63, 3.8) is 0 Å². The van der Waals surface area contributed by atoms with Crippen LogP contribution in [0.1, 0.15) is 46.0 Å². The van der Waals surface area contributed by atoms with E-state index in [1.165, 1.54) is 4.90 Å². The molecule has 1 saturated heterocycles. The van der Waals surface area contributed by atoms with Crippen LogP contribution in [-0.4, -0.2) is 40.0 Å². The summed E-state index contributed by atoms with van der Waals surface area (Å²) in [6, 6.07) is 0. The number of thioether (sulfide) groups is 1. The molecule has 0 spiro atoms. The molecule has 1 aliphatic heterocycles. The fraction of sp³-hybridized carbons (Fsp3) is 0.769. The van der Waals surface area contributed by atoms with Crippen molar-refractivity contribution in [1.29, 1.82) is 0 Å². The van der Waals surface area contributed by atoms with Crippen LogP contribution in [-0.2, 0) is 14.4 Å². The highest BCUT2D eigenvalue weighted by Crippen LogP contribution is 2.28. The standard InChI is InChI=1S/C13H21NO3S/c1-10(2)18-11-9-12(16)14(13(11)17)7-5-3-4-6-8-15/h8,10-11H,3-7,9H2,1-2H3. The monoisotopic (exact) mass is 271 g/mol. The second-order valence-electron chi connectivity index (χ2n) is 4.78. The molecular formula is C13H21NO3S. The van der Waals surface area contributed by atoms with E-state index in [9.17, 15) is 14.4 Å². The Morgan fingerprint density at radius 2 is 2.06 bits per heavy atom. The number of imide groups is 1. The smallest absolute Gasteiger partial charge is 0.242 e. The van der Waals surface area contributed by atoms with Gasteiger partial charge >= 0.3 is 0 Å². The quantitative estimate of drug-likeness (QED) is 0.385. The zero-order chi connectivity index (χ0) is 13.5. The van der Waals surface area contributed by atoms with E-state index in [0.717, 1.165) is 25.5 Å². The number of aldehydes is 1. The summed E-state index contributed by atoms with van der Waals surface area (Å²) in [6.45, 7) is 4.57. The molecular weight excluding hydrogens is 250 g/mol. The number of hydrogen-bond donors (Lipinski definition) is 0. The fourth-order valence-corrected chi connectivity index (χ4v) is 3.14. The zero-order valence-electron chi connectivity index (χ0n) is 11.1. The van der Waals surface area contributed by atoms with Crippen LogP contribution in [0.2, 0.25) is 0 Å². The van der Waals surface area contributed by atoms with Crippen molar-refractivity contribution in [2.75, 3.05) is 6.54 Å². The van der Waals surface area contributed by atoms with Gasteiger partial charge in [-0.05, 0) is 18.1 Å². The van der Waals surface area contributed by atoms with Crippen LogP contribution >= 0.6 is 11.8 Å². The number of nitrogens with zero attached hydrogens (tertiary/aromatic N) is 1. The van der Waals surface area contributed by atoms with E-state index < -0.39 is 0 Å². The third-order valence-electron chi connectivity index (χ3n) is 2.84. The number of likely N-dealkylation sites (tertiary alicyclic amines) is 1. The van der Waals surface area contributed by atoms with Crippen molar-refractivity contribution in [3.8, 4) is 0 Å². The zero-order valence-corrected chi connectivity index (χ0v) is 11.9.